The Balaban J connectivity index is 2.17. The number of nitrogens with zero attached hydrogens (tertiary/aromatic N) is 2. The van der Waals surface area contributed by atoms with E-state index >= 15 is 0 Å². The lowest BCUT2D eigenvalue weighted by Crippen LogP contribution is -1.91. The molecule has 0 aliphatic rings. The largest absolute Gasteiger partial charge is 0.316 e. The van der Waals surface area contributed by atoms with Gasteiger partial charge >= 0.3 is 0 Å². The van der Waals surface area contributed by atoms with E-state index in [0.717, 1.165) is 4.60 Å². The molecule has 0 saturated heterocycles. The zero-order chi connectivity index (χ0) is 11.5. The van der Waals surface area contributed by atoms with E-state index in [4.69, 9.17) is 0 Å². The molecule has 82 valence electrons. The second-order valence-corrected chi connectivity index (χ2v) is 4.90. The van der Waals surface area contributed by atoms with Crippen LogP contribution in [0, 0.1) is 0 Å². The summed E-state index contributed by atoms with van der Waals surface area (Å²) < 4.78 is 0.751. The van der Waals surface area contributed by atoms with E-state index in [1.54, 1.807) is 6.20 Å². The van der Waals surface area contributed by atoms with Gasteiger partial charge in [-0.3, -0.25) is 4.79 Å². The average Bonchev–Trinajstić information content (AvgIpc) is 2.66. The maximum Gasteiger partial charge on any atom is 0.188 e. The first-order chi connectivity index (χ1) is 7.65. The van der Waals surface area contributed by atoms with E-state index in [-0.39, 0.29) is 5.78 Å². The van der Waals surface area contributed by atoms with Gasteiger partial charge in [0.2, 0.25) is 0 Å². The number of hydrogen-bond acceptors (Lipinski definition) is 5. The van der Waals surface area contributed by atoms with Crippen molar-refractivity contribution in [3.63, 3.8) is 0 Å². The van der Waals surface area contributed by atoms with Crippen LogP contribution in [0.1, 0.15) is 16.6 Å². The number of thiazole rings is 1. The highest BCUT2D eigenvalue weighted by Crippen LogP contribution is 2.22. The minimum Gasteiger partial charge on any atom is -0.316 e. The van der Waals surface area contributed by atoms with E-state index < -0.39 is 0 Å². The summed E-state index contributed by atoms with van der Waals surface area (Å²) >= 11 is 4.60. The summed E-state index contributed by atoms with van der Waals surface area (Å²) in [5.41, 5.74) is 0. The number of hydrogen-bond donors (Lipinski definition) is 1. The minimum atomic E-state index is 0.0211. The Bertz CT molecular complexity index is 526. The van der Waals surface area contributed by atoms with Gasteiger partial charge in [0.25, 0.3) is 0 Å². The summed E-state index contributed by atoms with van der Waals surface area (Å²) in [5.74, 6) is 0.714. The van der Waals surface area contributed by atoms with E-state index in [0.29, 0.717) is 15.8 Å². The van der Waals surface area contributed by atoms with Gasteiger partial charge in [0.1, 0.15) is 10.4 Å². The number of ketones is 1. The van der Waals surface area contributed by atoms with Gasteiger partial charge in [-0.1, -0.05) is 17.4 Å². The van der Waals surface area contributed by atoms with Gasteiger partial charge in [-0.25, -0.2) is 9.97 Å². The molecule has 4 nitrogen and oxygen atoms in total. The quantitative estimate of drug-likeness (QED) is 0.698. The van der Waals surface area contributed by atoms with Gasteiger partial charge < -0.3 is 5.32 Å². The Hall–Kier alpha value is -1.27. The number of halogens is 1. The maximum atomic E-state index is 11.1. The number of nitrogens with one attached hydrogen (secondary N) is 1. The fourth-order valence-electron chi connectivity index (χ4n) is 1.08. The molecule has 2 aromatic rings. The van der Waals surface area contributed by atoms with Crippen molar-refractivity contribution in [1.29, 1.82) is 0 Å². The predicted octanol–water partition coefficient (Wildman–Crippen LogP) is 3.25. The number of rotatable bonds is 3. The number of carbonyl (C=O) groups excluding carboxylic acids is 1. The first kappa shape index (κ1) is 11.2. The van der Waals surface area contributed by atoms with E-state index in [9.17, 15) is 4.79 Å². The zero-order valence-corrected chi connectivity index (χ0v) is 10.8. The molecule has 6 heteroatoms. The smallest absolute Gasteiger partial charge is 0.188 e. The van der Waals surface area contributed by atoms with Crippen molar-refractivity contribution in [3.05, 3.63) is 33.9 Å². The third-order valence-electron chi connectivity index (χ3n) is 1.80. The molecule has 0 saturated carbocycles. The molecular formula is C10H8BrN3OS. The summed E-state index contributed by atoms with van der Waals surface area (Å²) in [6.07, 6.45) is 1.56. The fraction of sp³-hybridized carbons (Fsp3) is 0.100. The Kier molecular flexibility index (Phi) is 3.31. The highest BCUT2D eigenvalue weighted by molar-refractivity contribution is 9.10. The van der Waals surface area contributed by atoms with Crippen LogP contribution in [0.15, 0.2) is 29.0 Å². The molecule has 0 spiro atoms. The lowest BCUT2D eigenvalue weighted by Gasteiger charge is -2.00. The Morgan fingerprint density at radius 1 is 1.50 bits per heavy atom. The molecule has 2 aromatic heterocycles. The first-order valence-corrected chi connectivity index (χ1v) is 6.12. The molecule has 0 radical (unpaired) electrons. The van der Waals surface area contributed by atoms with Crippen LogP contribution >= 0.6 is 27.3 Å². The first-order valence-electron chi connectivity index (χ1n) is 4.51. The number of anilines is 2. The van der Waals surface area contributed by atoms with Crippen LogP contribution in [0.2, 0.25) is 0 Å². The summed E-state index contributed by atoms with van der Waals surface area (Å²) in [6.45, 7) is 1.52. The topological polar surface area (TPSA) is 54.9 Å². The Labute approximate surface area is 105 Å². The summed E-state index contributed by atoms with van der Waals surface area (Å²) in [6, 6.07) is 5.55. The molecule has 0 bridgehead atoms. The van der Waals surface area contributed by atoms with E-state index in [1.807, 2.05) is 18.2 Å². The van der Waals surface area contributed by atoms with Crippen molar-refractivity contribution in [1.82, 2.24) is 9.97 Å². The van der Waals surface area contributed by atoms with Crippen LogP contribution in [0.4, 0.5) is 10.9 Å². The van der Waals surface area contributed by atoms with Gasteiger partial charge in [0.15, 0.2) is 10.9 Å². The number of pyridine rings is 1. The van der Waals surface area contributed by atoms with Crippen LogP contribution in [0.5, 0.6) is 0 Å². The SMILES string of the molecule is CC(=O)c1cnc(Nc2cccc(Br)n2)s1. The van der Waals surface area contributed by atoms with Gasteiger partial charge in [-0.15, -0.1) is 0 Å². The van der Waals surface area contributed by atoms with Gasteiger partial charge in [-0.2, -0.15) is 0 Å². The van der Waals surface area contributed by atoms with Crippen molar-refractivity contribution < 1.29 is 4.79 Å². The monoisotopic (exact) mass is 297 g/mol. The van der Waals surface area contributed by atoms with Gasteiger partial charge in [-0.05, 0) is 28.1 Å². The van der Waals surface area contributed by atoms with Crippen molar-refractivity contribution in [2.45, 2.75) is 6.92 Å². The second kappa shape index (κ2) is 4.71. The minimum absolute atomic E-state index is 0.0211. The fourth-order valence-corrected chi connectivity index (χ4v) is 2.14. The van der Waals surface area contributed by atoms with Crippen LogP contribution in [-0.4, -0.2) is 15.8 Å². The second-order valence-electron chi connectivity index (χ2n) is 3.06. The third-order valence-corrected chi connectivity index (χ3v) is 3.26. The highest BCUT2D eigenvalue weighted by atomic mass is 79.9. The van der Waals surface area contributed by atoms with Crippen LogP contribution in [0.3, 0.4) is 0 Å². The zero-order valence-electron chi connectivity index (χ0n) is 8.40. The molecule has 0 atom stereocenters. The molecule has 0 fully saturated rings. The molecule has 2 rings (SSSR count). The molecule has 0 aliphatic heterocycles. The predicted molar refractivity (Wildman–Crippen MR) is 67.3 cm³/mol. The van der Waals surface area contributed by atoms with Crippen LogP contribution < -0.4 is 5.32 Å². The standard InChI is InChI=1S/C10H8BrN3OS/c1-6(15)7-5-12-10(16-7)14-9-4-2-3-8(11)13-9/h2-5H,1H3,(H,12,13,14). The highest BCUT2D eigenvalue weighted by Gasteiger charge is 2.06. The van der Waals surface area contributed by atoms with Crippen molar-refractivity contribution in [3.8, 4) is 0 Å². The van der Waals surface area contributed by atoms with E-state index in [1.165, 1.54) is 18.3 Å². The molecule has 0 aromatic carbocycles. The number of aromatic nitrogens is 2. The van der Waals surface area contributed by atoms with Crippen molar-refractivity contribution in [2.75, 3.05) is 5.32 Å². The summed E-state index contributed by atoms with van der Waals surface area (Å²) in [7, 11) is 0. The molecule has 16 heavy (non-hydrogen) atoms. The molecule has 0 amide bonds. The van der Waals surface area contributed by atoms with Crippen molar-refractivity contribution >= 4 is 44.0 Å². The van der Waals surface area contributed by atoms with Gasteiger partial charge in [0.05, 0.1) is 11.1 Å². The lowest BCUT2D eigenvalue weighted by atomic mass is 10.4. The lowest BCUT2D eigenvalue weighted by molar-refractivity contribution is 0.102. The molecule has 0 unspecified atom stereocenters. The molecule has 1 N–H and O–H groups in total. The number of carbonyl (C=O) groups is 1. The molecular weight excluding hydrogens is 290 g/mol. The third kappa shape index (κ3) is 2.65. The van der Waals surface area contributed by atoms with Gasteiger partial charge in [0, 0.05) is 6.92 Å². The maximum absolute atomic E-state index is 11.1. The number of Topliss-reactive ketones (excluding diaryl/α,β-unsaturated/α-hetero) is 1. The molecule has 2 heterocycles. The summed E-state index contributed by atoms with van der Waals surface area (Å²) in [5, 5.41) is 3.70. The van der Waals surface area contributed by atoms with Crippen molar-refractivity contribution in [2.24, 2.45) is 0 Å². The molecule has 0 aliphatic carbocycles. The Morgan fingerprint density at radius 2 is 2.31 bits per heavy atom. The van der Waals surface area contributed by atoms with Crippen LogP contribution in [-0.2, 0) is 0 Å². The van der Waals surface area contributed by atoms with Crippen LogP contribution in [0.25, 0.3) is 0 Å². The van der Waals surface area contributed by atoms with E-state index in [2.05, 4.69) is 31.2 Å². The Morgan fingerprint density at radius 3 is 2.94 bits per heavy atom. The normalized spacial score (nSPS) is 10.1. The average molecular weight is 298 g/mol. The summed E-state index contributed by atoms with van der Waals surface area (Å²) in [4.78, 5) is 20.0.